The van der Waals surface area contributed by atoms with Crippen molar-refractivity contribution in [3.8, 4) is 0 Å². The summed E-state index contributed by atoms with van der Waals surface area (Å²) in [6.45, 7) is 3.38. The number of anilines is 2. The van der Waals surface area contributed by atoms with E-state index in [2.05, 4.69) is 16.9 Å². The topological polar surface area (TPSA) is 39.7 Å². The number of pyridine rings is 1. The Hall–Kier alpha value is -2.40. The number of benzene rings is 1. The van der Waals surface area contributed by atoms with Gasteiger partial charge in [0, 0.05) is 45.1 Å². The number of amides is 1. The van der Waals surface area contributed by atoms with Gasteiger partial charge in [-0.25, -0.2) is 0 Å². The van der Waals surface area contributed by atoms with Crippen molar-refractivity contribution >= 4 is 17.3 Å². The number of hydrogen-bond donors (Lipinski definition) is 0. The highest BCUT2D eigenvalue weighted by molar-refractivity contribution is 5.95. The number of aromatic nitrogens is 1. The molecule has 1 aliphatic heterocycles. The number of piperazine rings is 1. The van der Waals surface area contributed by atoms with Gasteiger partial charge < -0.3 is 14.7 Å². The fourth-order valence-corrected chi connectivity index (χ4v) is 2.72. The molecule has 1 saturated heterocycles. The minimum absolute atomic E-state index is 0.0638. The zero-order valence-electron chi connectivity index (χ0n) is 13.6. The van der Waals surface area contributed by atoms with E-state index in [4.69, 9.17) is 0 Å². The number of hydrogen-bond acceptors (Lipinski definition) is 4. The molecule has 1 aromatic carbocycles. The van der Waals surface area contributed by atoms with E-state index >= 15 is 0 Å². The summed E-state index contributed by atoms with van der Waals surface area (Å²) in [5.41, 5.74) is 2.63. The summed E-state index contributed by atoms with van der Waals surface area (Å²) in [5, 5.41) is 0. The molecule has 0 radical (unpaired) electrons. The van der Waals surface area contributed by atoms with Crippen LogP contribution in [0.2, 0.25) is 0 Å². The summed E-state index contributed by atoms with van der Waals surface area (Å²) < 4.78 is 0. The lowest BCUT2D eigenvalue weighted by Crippen LogP contribution is -2.47. The Bertz CT molecular complexity index is 666. The van der Waals surface area contributed by atoms with E-state index in [-0.39, 0.29) is 5.91 Å². The number of para-hydroxylation sites is 1. The molecule has 1 fully saturated rings. The van der Waals surface area contributed by atoms with Crippen LogP contribution < -0.4 is 4.90 Å². The van der Waals surface area contributed by atoms with Crippen LogP contribution in [0.3, 0.4) is 0 Å². The smallest absolute Gasteiger partial charge is 0.255 e. The van der Waals surface area contributed by atoms with Crippen LogP contribution in [0.4, 0.5) is 11.4 Å². The molecule has 0 spiro atoms. The third-order valence-corrected chi connectivity index (χ3v) is 4.29. The first kappa shape index (κ1) is 15.5. The number of rotatable bonds is 3. The predicted molar refractivity (Wildman–Crippen MR) is 92.1 cm³/mol. The van der Waals surface area contributed by atoms with E-state index in [0.29, 0.717) is 5.56 Å². The van der Waals surface area contributed by atoms with Crippen LogP contribution in [0.1, 0.15) is 10.4 Å². The molecule has 5 heteroatoms. The van der Waals surface area contributed by atoms with Crippen LogP contribution in [0.25, 0.3) is 0 Å². The van der Waals surface area contributed by atoms with Crippen LogP contribution in [0, 0.1) is 0 Å². The number of carbonyl (C=O) groups is 1. The molecule has 0 unspecified atom stereocenters. The molecule has 1 aromatic heterocycles. The van der Waals surface area contributed by atoms with Gasteiger partial charge in [0.25, 0.3) is 5.91 Å². The molecule has 0 atom stereocenters. The van der Waals surface area contributed by atoms with Gasteiger partial charge in [0.05, 0.1) is 17.4 Å². The molecule has 2 heterocycles. The average Bonchev–Trinajstić information content (AvgIpc) is 2.62. The van der Waals surface area contributed by atoms with Crippen molar-refractivity contribution in [2.45, 2.75) is 0 Å². The van der Waals surface area contributed by atoms with Gasteiger partial charge in [-0.2, -0.15) is 0 Å². The Labute approximate surface area is 137 Å². The fourth-order valence-electron chi connectivity index (χ4n) is 2.72. The largest absolute Gasteiger partial charge is 0.343 e. The molecular weight excluding hydrogens is 288 g/mol. The van der Waals surface area contributed by atoms with Gasteiger partial charge in [0.2, 0.25) is 0 Å². The van der Waals surface area contributed by atoms with Gasteiger partial charge in [0.1, 0.15) is 0 Å². The predicted octanol–water partition coefficient (Wildman–Crippen LogP) is 2.24. The van der Waals surface area contributed by atoms with Crippen molar-refractivity contribution < 1.29 is 4.79 Å². The molecule has 0 bridgehead atoms. The molecule has 5 nitrogen and oxygen atoms in total. The van der Waals surface area contributed by atoms with Crippen LogP contribution in [-0.2, 0) is 0 Å². The second-order valence-corrected chi connectivity index (χ2v) is 5.92. The Kier molecular flexibility index (Phi) is 4.57. The van der Waals surface area contributed by atoms with Crippen LogP contribution >= 0.6 is 0 Å². The Balaban J connectivity index is 1.78. The minimum Gasteiger partial charge on any atom is -0.343 e. The third-order valence-electron chi connectivity index (χ3n) is 4.29. The maximum absolute atomic E-state index is 12.7. The van der Waals surface area contributed by atoms with Crippen molar-refractivity contribution in [1.82, 2.24) is 14.8 Å². The standard InChI is InChI=1S/C18H22N4O/c1-20-8-10-22(11-9-20)18(23)15-12-17(14-19-13-15)21(2)16-6-4-3-5-7-16/h3-7,12-14H,8-11H2,1-2H3. The molecule has 0 aliphatic carbocycles. The Morgan fingerprint density at radius 1 is 1.04 bits per heavy atom. The quantitative estimate of drug-likeness (QED) is 0.871. The van der Waals surface area contributed by atoms with Gasteiger partial charge >= 0.3 is 0 Å². The van der Waals surface area contributed by atoms with Gasteiger partial charge in [-0.05, 0) is 25.2 Å². The lowest BCUT2D eigenvalue weighted by atomic mass is 10.2. The van der Waals surface area contributed by atoms with Gasteiger partial charge in [-0.3, -0.25) is 9.78 Å². The maximum Gasteiger partial charge on any atom is 0.255 e. The monoisotopic (exact) mass is 310 g/mol. The number of likely N-dealkylation sites (N-methyl/N-ethyl adjacent to an activating group) is 1. The van der Waals surface area contributed by atoms with Gasteiger partial charge in [-0.1, -0.05) is 18.2 Å². The van der Waals surface area contributed by atoms with Crippen molar-refractivity contribution in [3.63, 3.8) is 0 Å². The number of carbonyl (C=O) groups excluding carboxylic acids is 1. The zero-order chi connectivity index (χ0) is 16.2. The van der Waals surface area contributed by atoms with Crippen LogP contribution in [0.15, 0.2) is 48.8 Å². The van der Waals surface area contributed by atoms with Crippen LogP contribution in [-0.4, -0.2) is 61.0 Å². The SMILES string of the molecule is CN1CCN(C(=O)c2cncc(N(C)c3ccccc3)c2)CC1. The lowest BCUT2D eigenvalue weighted by molar-refractivity contribution is 0.0663. The summed E-state index contributed by atoms with van der Waals surface area (Å²) in [6.07, 6.45) is 3.44. The molecule has 120 valence electrons. The number of nitrogens with zero attached hydrogens (tertiary/aromatic N) is 4. The second-order valence-electron chi connectivity index (χ2n) is 5.92. The molecule has 0 saturated carbocycles. The molecule has 1 aliphatic rings. The van der Waals surface area contributed by atoms with E-state index in [9.17, 15) is 4.79 Å². The first-order valence-corrected chi connectivity index (χ1v) is 7.87. The Morgan fingerprint density at radius 2 is 1.74 bits per heavy atom. The summed E-state index contributed by atoms with van der Waals surface area (Å²) in [6, 6.07) is 12.0. The lowest BCUT2D eigenvalue weighted by Gasteiger charge is -2.32. The molecule has 2 aromatic rings. The van der Waals surface area contributed by atoms with E-state index < -0.39 is 0 Å². The van der Waals surface area contributed by atoms with E-state index in [1.54, 1.807) is 12.4 Å². The van der Waals surface area contributed by atoms with Crippen molar-refractivity contribution in [3.05, 3.63) is 54.4 Å². The van der Waals surface area contributed by atoms with E-state index in [1.165, 1.54) is 0 Å². The average molecular weight is 310 g/mol. The maximum atomic E-state index is 12.7. The minimum atomic E-state index is 0.0638. The highest BCUT2D eigenvalue weighted by Crippen LogP contribution is 2.23. The first-order chi connectivity index (χ1) is 11.1. The van der Waals surface area contributed by atoms with E-state index in [1.807, 2.05) is 53.2 Å². The van der Waals surface area contributed by atoms with Crippen molar-refractivity contribution in [2.75, 3.05) is 45.2 Å². The van der Waals surface area contributed by atoms with Crippen molar-refractivity contribution in [1.29, 1.82) is 0 Å². The highest BCUT2D eigenvalue weighted by atomic mass is 16.2. The molecule has 23 heavy (non-hydrogen) atoms. The van der Waals surface area contributed by atoms with Gasteiger partial charge in [0.15, 0.2) is 0 Å². The summed E-state index contributed by atoms with van der Waals surface area (Å²) in [7, 11) is 4.06. The highest BCUT2D eigenvalue weighted by Gasteiger charge is 2.21. The van der Waals surface area contributed by atoms with E-state index in [0.717, 1.165) is 37.6 Å². The molecular formula is C18H22N4O. The fraction of sp³-hybridized carbons (Fsp3) is 0.333. The summed E-state index contributed by atoms with van der Waals surface area (Å²) in [4.78, 5) is 23.1. The van der Waals surface area contributed by atoms with Crippen molar-refractivity contribution in [2.24, 2.45) is 0 Å². The third kappa shape index (κ3) is 3.51. The summed E-state index contributed by atoms with van der Waals surface area (Å²) >= 11 is 0. The Morgan fingerprint density at radius 3 is 2.43 bits per heavy atom. The summed E-state index contributed by atoms with van der Waals surface area (Å²) in [5.74, 6) is 0.0638. The molecule has 3 rings (SSSR count). The molecule has 0 N–H and O–H groups in total. The van der Waals surface area contributed by atoms with Crippen LogP contribution in [0.5, 0.6) is 0 Å². The normalized spacial score (nSPS) is 15.5. The van der Waals surface area contributed by atoms with Gasteiger partial charge in [-0.15, -0.1) is 0 Å². The zero-order valence-corrected chi connectivity index (χ0v) is 13.6. The second kappa shape index (κ2) is 6.79. The first-order valence-electron chi connectivity index (χ1n) is 7.87. The molecule has 1 amide bonds.